The molecule has 1 N–H and O–H groups in total. The van der Waals surface area contributed by atoms with E-state index in [-0.39, 0.29) is 0 Å². The van der Waals surface area contributed by atoms with Crippen LogP contribution in [0.15, 0.2) is 0 Å². The second-order valence-electron chi connectivity index (χ2n) is 3.03. The molecule has 0 aliphatic carbocycles. The van der Waals surface area contributed by atoms with Crippen molar-refractivity contribution < 1.29 is 4.74 Å². The van der Waals surface area contributed by atoms with Gasteiger partial charge in [0.05, 0.1) is 0 Å². The van der Waals surface area contributed by atoms with Crippen LogP contribution in [0.3, 0.4) is 0 Å². The Morgan fingerprint density at radius 1 is 1.17 bits per heavy atom. The van der Waals surface area contributed by atoms with E-state index in [0.717, 1.165) is 26.2 Å². The molecule has 74 valence electrons. The molecule has 0 aromatic rings. The fourth-order valence-corrected chi connectivity index (χ4v) is 1.36. The van der Waals surface area contributed by atoms with E-state index in [9.17, 15) is 0 Å². The van der Waals surface area contributed by atoms with Crippen LogP contribution in [0.5, 0.6) is 0 Å². The maximum absolute atomic E-state index is 5.32. The fourth-order valence-electron chi connectivity index (χ4n) is 1.36. The van der Waals surface area contributed by atoms with Gasteiger partial charge in [-0.1, -0.05) is 20.3 Å². The molecular weight excluding hydrogens is 150 g/mol. The summed E-state index contributed by atoms with van der Waals surface area (Å²) in [7, 11) is 0. The van der Waals surface area contributed by atoms with Crippen molar-refractivity contribution in [1.82, 2.24) is 5.32 Å². The zero-order chi connectivity index (χ0) is 9.23. The van der Waals surface area contributed by atoms with Crippen molar-refractivity contribution in [2.45, 2.75) is 46.1 Å². The molecule has 0 fully saturated rings. The number of rotatable bonds is 8. The van der Waals surface area contributed by atoms with Crippen molar-refractivity contribution in [3.8, 4) is 0 Å². The van der Waals surface area contributed by atoms with E-state index in [0.29, 0.717) is 6.04 Å². The zero-order valence-corrected chi connectivity index (χ0v) is 8.73. The lowest BCUT2D eigenvalue weighted by atomic mass is 10.1. The molecule has 0 aromatic heterocycles. The molecule has 2 nitrogen and oxygen atoms in total. The summed E-state index contributed by atoms with van der Waals surface area (Å²) in [5, 5.41) is 3.46. The minimum absolute atomic E-state index is 0.659. The summed E-state index contributed by atoms with van der Waals surface area (Å²) >= 11 is 0. The molecule has 12 heavy (non-hydrogen) atoms. The van der Waals surface area contributed by atoms with Crippen LogP contribution in [0.1, 0.15) is 40.0 Å². The van der Waals surface area contributed by atoms with Gasteiger partial charge in [-0.3, -0.25) is 0 Å². The van der Waals surface area contributed by atoms with Crippen LogP contribution >= 0.6 is 0 Å². The average Bonchev–Trinajstić information content (AvgIpc) is 2.06. The van der Waals surface area contributed by atoms with Crippen molar-refractivity contribution in [2.24, 2.45) is 0 Å². The summed E-state index contributed by atoms with van der Waals surface area (Å²) in [4.78, 5) is 0. The third kappa shape index (κ3) is 6.62. The number of hydrogen-bond donors (Lipinski definition) is 1. The topological polar surface area (TPSA) is 21.3 Å². The second-order valence-corrected chi connectivity index (χ2v) is 3.03. The molecule has 0 heterocycles. The van der Waals surface area contributed by atoms with Crippen molar-refractivity contribution in [3.63, 3.8) is 0 Å². The molecule has 1 unspecified atom stereocenters. The van der Waals surface area contributed by atoms with Gasteiger partial charge in [0, 0.05) is 19.3 Å². The second kappa shape index (κ2) is 9.01. The van der Waals surface area contributed by atoms with Gasteiger partial charge < -0.3 is 10.1 Å². The Morgan fingerprint density at radius 3 is 2.42 bits per heavy atom. The quantitative estimate of drug-likeness (QED) is 0.568. The highest BCUT2D eigenvalue weighted by Crippen LogP contribution is 2.01. The predicted octanol–water partition coefficient (Wildman–Crippen LogP) is 2.19. The first kappa shape index (κ1) is 11.9. The van der Waals surface area contributed by atoms with Crippen LogP contribution in [0.4, 0.5) is 0 Å². The Balaban J connectivity index is 3.34. The largest absolute Gasteiger partial charge is 0.382 e. The van der Waals surface area contributed by atoms with Gasteiger partial charge in [-0.15, -0.1) is 0 Å². The first-order valence-electron chi connectivity index (χ1n) is 5.16. The number of ether oxygens (including phenoxy) is 1. The minimum Gasteiger partial charge on any atom is -0.382 e. The van der Waals surface area contributed by atoms with Crippen LogP contribution in [-0.2, 0) is 4.74 Å². The fraction of sp³-hybridized carbons (Fsp3) is 1.00. The monoisotopic (exact) mass is 173 g/mol. The SMILES string of the molecule is CCCC(CCOCC)NCC. The summed E-state index contributed by atoms with van der Waals surface area (Å²) in [6.07, 6.45) is 3.67. The summed E-state index contributed by atoms with van der Waals surface area (Å²) in [6.45, 7) is 9.23. The molecular formula is C10H23NO. The van der Waals surface area contributed by atoms with E-state index in [1.165, 1.54) is 12.8 Å². The Kier molecular flexibility index (Phi) is 8.95. The van der Waals surface area contributed by atoms with Crippen LogP contribution in [0.2, 0.25) is 0 Å². The zero-order valence-electron chi connectivity index (χ0n) is 8.73. The van der Waals surface area contributed by atoms with Gasteiger partial charge in [-0.2, -0.15) is 0 Å². The molecule has 0 saturated carbocycles. The van der Waals surface area contributed by atoms with E-state index in [4.69, 9.17) is 4.74 Å². The van der Waals surface area contributed by atoms with E-state index in [1.807, 2.05) is 6.92 Å². The van der Waals surface area contributed by atoms with E-state index in [1.54, 1.807) is 0 Å². The lowest BCUT2D eigenvalue weighted by Crippen LogP contribution is -2.29. The van der Waals surface area contributed by atoms with Crippen molar-refractivity contribution >= 4 is 0 Å². The number of nitrogens with one attached hydrogen (secondary N) is 1. The van der Waals surface area contributed by atoms with Crippen LogP contribution in [0.25, 0.3) is 0 Å². The molecule has 1 atom stereocenters. The summed E-state index contributed by atoms with van der Waals surface area (Å²) in [5.74, 6) is 0. The smallest absolute Gasteiger partial charge is 0.0480 e. The first-order chi connectivity index (χ1) is 5.85. The minimum atomic E-state index is 0.659. The van der Waals surface area contributed by atoms with Crippen molar-refractivity contribution in [2.75, 3.05) is 19.8 Å². The molecule has 0 aromatic carbocycles. The maximum atomic E-state index is 5.32. The highest BCUT2D eigenvalue weighted by Gasteiger charge is 2.04. The van der Waals surface area contributed by atoms with E-state index >= 15 is 0 Å². The third-order valence-electron chi connectivity index (χ3n) is 1.94. The molecule has 0 rings (SSSR count). The van der Waals surface area contributed by atoms with Crippen molar-refractivity contribution in [3.05, 3.63) is 0 Å². The van der Waals surface area contributed by atoms with E-state index < -0.39 is 0 Å². The Labute approximate surface area is 76.7 Å². The maximum Gasteiger partial charge on any atom is 0.0480 e. The van der Waals surface area contributed by atoms with Gasteiger partial charge in [-0.25, -0.2) is 0 Å². The lowest BCUT2D eigenvalue weighted by Gasteiger charge is -2.16. The molecule has 0 aliphatic heterocycles. The Morgan fingerprint density at radius 2 is 1.92 bits per heavy atom. The van der Waals surface area contributed by atoms with Crippen LogP contribution in [0, 0.1) is 0 Å². The van der Waals surface area contributed by atoms with Gasteiger partial charge in [-0.05, 0) is 26.3 Å². The Hall–Kier alpha value is -0.0800. The van der Waals surface area contributed by atoms with E-state index in [2.05, 4.69) is 19.2 Å². The Bertz CT molecular complexity index is 79.9. The highest BCUT2D eigenvalue weighted by molar-refractivity contribution is 4.64. The molecule has 0 aliphatic rings. The molecule has 0 spiro atoms. The summed E-state index contributed by atoms with van der Waals surface area (Å²) < 4.78 is 5.32. The predicted molar refractivity (Wildman–Crippen MR) is 53.5 cm³/mol. The van der Waals surface area contributed by atoms with Gasteiger partial charge in [0.15, 0.2) is 0 Å². The molecule has 0 saturated heterocycles. The third-order valence-corrected chi connectivity index (χ3v) is 1.94. The lowest BCUT2D eigenvalue weighted by molar-refractivity contribution is 0.135. The summed E-state index contributed by atoms with van der Waals surface area (Å²) in [6, 6.07) is 0.659. The summed E-state index contributed by atoms with van der Waals surface area (Å²) in [5.41, 5.74) is 0. The van der Waals surface area contributed by atoms with Crippen LogP contribution < -0.4 is 5.32 Å². The molecule has 0 bridgehead atoms. The van der Waals surface area contributed by atoms with Gasteiger partial charge in [0.25, 0.3) is 0 Å². The number of hydrogen-bond acceptors (Lipinski definition) is 2. The van der Waals surface area contributed by atoms with Gasteiger partial charge >= 0.3 is 0 Å². The molecule has 2 heteroatoms. The average molecular weight is 173 g/mol. The highest BCUT2D eigenvalue weighted by atomic mass is 16.5. The first-order valence-corrected chi connectivity index (χ1v) is 5.16. The van der Waals surface area contributed by atoms with Gasteiger partial charge in [0.2, 0.25) is 0 Å². The van der Waals surface area contributed by atoms with Crippen molar-refractivity contribution in [1.29, 1.82) is 0 Å². The molecule has 0 amide bonds. The molecule has 0 radical (unpaired) electrons. The standard InChI is InChI=1S/C10H23NO/c1-4-7-10(11-5-2)8-9-12-6-3/h10-11H,4-9H2,1-3H3. The van der Waals surface area contributed by atoms with Gasteiger partial charge in [0.1, 0.15) is 0 Å². The normalized spacial score (nSPS) is 13.2. The van der Waals surface area contributed by atoms with Crippen LogP contribution in [-0.4, -0.2) is 25.8 Å².